The number of hydrogen-bond donors (Lipinski definition) is 2. The third-order valence-electron chi connectivity index (χ3n) is 5.28. The van der Waals surface area contributed by atoms with Gasteiger partial charge >= 0.3 is 6.11 Å². The fraction of sp³-hybridized carbons (Fsp3) is 0.565. The van der Waals surface area contributed by atoms with Gasteiger partial charge in [-0.25, -0.2) is 0 Å². The first-order valence-electron chi connectivity index (χ1n) is 10.5. The van der Waals surface area contributed by atoms with Crippen LogP contribution in [0, 0.1) is 29.1 Å². The van der Waals surface area contributed by atoms with E-state index in [0.29, 0.717) is 24.5 Å². The lowest BCUT2D eigenvalue weighted by molar-refractivity contribution is -0.188. The normalized spacial score (nSPS) is 18.5. The average Bonchev–Trinajstić information content (AvgIpc) is 3.69. The molecular weight excluding hydrogens is 452 g/mol. The first kappa shape index (κ1) is 24.7. The number of benzene rings is 1. The number of hydrogen-bond acceptors (Lipinski definition) is 6. The number of halogens is 2. The van der Waals surface area contributed by atoms with Crippen LogP contribution in [0.1, 0.15) is 32.6 Å². The highest BCUT2D eigenvalue weighted by Crippen LogP contribution is 2.35. The Bertz CT molecular complexity index is 901. The number of thioether (sulfide) groups is 2. The standard InChI is InChI=1S/C23H27F2N3O2S2/c1-3-4-20(23(24,25)30-17-7-9-18(31-2)10-8-17)27-19(14-32-13-16-5-6-16)21(29)28-22(15-26)11-12-22/h7-10,16,19-20,27H,5-6,11-14H2,1-2H3,(H,28,29). The Labute approximate surface area is 196 Å². The summed E-state index contributed by atoms with van der Waals surface area (Å²) in [6.45, 7) is 1.46. The van der Waals surface area contributed by atoms with Crippen LogP contribution in [0.4, 0.5) is 8.78 Å². The summed E-state index contributed by atoms with van der Waals surface area (Å²) >= 11 is 3.05. The van der Waals surface area contributed by atoms with E-state index in [2.05, 4.69) is 28.5 Å². The van der Waals surface area contributed by atoms with Crippen molar-refractivity contribution < 1.29 is 18.3 Å². The van der Waals surface area contributed by atoms with Crippen LogP contribution in [0.15, 0.2) is 29.2 Å². The average molecular weight is 480 g/mol. The Kier molecular flexibility index (Phi) is 8.32. The summed E-state index contributed by atoms with van der Waals surface area (Å²) in [7, 11) is 0. The summed E-state index contributed by atoms with van der Waals surface area (Å²) in [4.78, 5) is 13.8. The fourth-order valence-corrected chi connectivity index (χ4v) is 4.67. The number of ether oxygens (including phenoxy) is 1. The van der Waals surface area contributed by atoms with Crippen LogP contribution in [0.2, 0.25) is 0 Å². The summed E-state index contributed by atoms with van der Waals surface area (Å²) in [5, 5.41) is 14.7. The van der Waals surface area contributed by atoms with E-state index >= 15 is 8.78 Å². The number of nitrogens with zero attached hydrogens (tertiary/aromatic N) is 1. The summed E-state index contributed by atoms with van der Waals surface area (Å²) in [5.41, 5.74) is -0.873. The van der Waals surface area contributed by atoms with Crippen molar-refractivity contribution in [1.82, 2.24) is 10.6 Å². The number of carbonyl (C=O) groups excluding carboxylic acids is 1. The topological polar surface area (TPSA) is 74.2 Å². The molecular formula is C23H27F2N3O2S2. The molecule has 2 N–H and O–H groups in total. The number of nitriles is 1. The minimum Gasteiger partial charge on any atom is -0.431 e. The highest BCUT2D eigenvalue weighted by Gasteiger charge is 2.47. The molecule has 0 bridgehead atoms. The van der Waals surface area contributed by atoms with Crippen LogP contribution < -0.4 is 15.4 Å². The zero-order valence-electron chi connectivity index (χ0n) is 18.1. The summed E-state index contributed by atoms with van der Waals surface area (Å²) in [5.74, 6) is 6.36. The van der Waals surface area contributed by atoms with Crippen molar-refractivity contribution in [2.45, 2.75) is 61.2 Å². The molecule has 2 unspecified atom stereocenters. The first-order chi connectivity index (χ1) is 15.3. The van der Waals surface area contributed by atoms with Crippen LogP contribution in [0.5, 0.6) is 5.75 Å². The maximum Gasteiger partial charge on any atom is 0.425 e. The van der Waals surface area contributed by atoms with Crippen molar-refractivity contribution >= 4 is 29.4 Å². The van der Waals surface area contributed by atoms with Gasteiger partial charge in [0.1, 0.15) is 11.3 Å². The Hall–Kier alpha value is -1.94. The van der Waals surface area contributed by atoms with Crippen molar-refractivity contribution in [3.63, 3.8) is 0 Å². The molecule has 2 saturated carbocycles. The summed E-state index contributed by atoms with van der Waals surface area (Å²) in [6.07, 6.45) is 1.70. The van der Waals surface area contributed by atoms with Crippen molar-refractivity contribution in [2.75, 3.05) is 17.8 Å². The maximum absolute atomic E-state index is 15.1. The van der Waals surface area contributed by atoms with E-state index in [1.54, 1.807) is 23.9 Å². The highest BCUT2D eigenvalue weighted by atomic mass is 32.2. The maximum atomic E-state index is 15.1. The molecule has 172 valence electrons. The second-order valence-electron chi connectivity index (χ2n) is 8.05. The summed E-state index contributed by atoms with van der Waals surface area (Å²) in [6, 6.07) is 5.85. The van der Waals surface area contributed by atoms with Crippen LogP contribution >= 0.6 is 23.5 Å². The lowest BCUT2D eigenvalue weighted by Crippen LogP contribution is -2.58. The predicted molar refractivity (Wildman–Crippen MR) is 124 cm³/mol. The first-order valence-corrected chi connectivity index (χ1v) is 12.9. The lowest BCUT2D eigenvalue weighted by atomic mass is 10.2. The van der Waals surface area contributed by atoms with Gasteiger partial charge in [-0.1, -0.05) is 5.92 Å². The zero-order chi connectivity index (χ0) is 23.2. The Morgan fingerprint density at radius 1 is 1.34 bits per heavy atom. The lowest BCUT2D eigenvalue weighted by Gasteiger charge is -2.28. The fourth-order valence-electron chi connectivity index (χ4n) is 2.98. The predicted octanol–water partition coefficient (Wildman–Crippen LogP) is 4.05. The van der Waals surface area contributed by atoms with Crippen molar-refractivity contribution in [3.8, 4) is 23.7 Å². The molecule has 0 aliphatic heterocycles. The quantitative estimate of drug-likeness (QED) is 0.348. The molecule has 5 nitrogen and oxygen atoms in total. The second-order valence-corrected chi connectivity index (χ2v) is 10.0. The zero-order valence-corrected chi connectivity index (χ0v) is 19.8. The number of nitrogens with one attached hydrogen (secondary N) is 2. The number of alkyl halides is 2. The molecule has 2 atom stereocenters. The summed E-state index contributed by atoms with van der Waals surface area (Å²) < 4.78 is 35.1. The molecule has 0 saturated heterocycles. The Balaban J connectivity index is 1.71. The second kappa shape index (κ2) is 10.8. The van der Waals surface area contributed by atoms with Gasteiger partial charge in [-0.05, 0) is 74.8 Å². The van der Waals surface area contributed by atoms with Crippen LogP contribution in [0.3, 0.4) is 0 Å². The molecule has 0 spiro atoms. The molecule has 1 aromatic carbocycles. The van der Waals surface area contributed by atoms with E-state index in [4.69, 9.17) is 4.74 Å². The van der Waals surface area contributed by atoms with Gasteiger partial charge in [0, 0.05) is 10.6 Å². The van der Waals surface area contributed by atoms with E-state index in [1.807, 2.05) is 6.26 Å². The van der Waals surface area contributed by atoms with Gasteiger partial charge in [0.15, 0.2) is 6.04 Å². The van der Waals surface area contributed by atoms with Gasteiger partial charge in [-0.2, -0.15) is 25.8 Å². The molecule has 2 fully saturated rings. The largest absolute Gasteiger partial charge is 0.431 e. The van der Waals surface area contributed by atoms with Crippen molar-refractivity contribution in [1.29, 1.82) is 5.26 Å². The van der Waals surface area contributed by atoms with Gasteiger partial charge in [-0.15, -0.1) is 17.7 Å². The van der Waals surface area contributed by atoms with E-state index in [-0.39, 0.29) is 5.75 Å². The van der Waals surface area contributed by atoms with Crippen LogP contribution in [-0.4, -0.2) is 47.4 Å². The van der Waals surface area contributed by atoms with Crippen LogP contribution in [0.25, 0.3) is 0 Å². The molecule has 32 heavy (non-hydrogen) atoms. The van der Waals surface area contributed by atoms with Crippen molar-refractivity contribution in [3.05, 3.63) is 24.3 Å². The molecule has 3 rings (SSSR count). The Morgan fingerprint density at radius 2 is 2.03 bits per heavy atom. The number of carbonyl (C=O) groups is 1. The van der Waals surface area contributed by atoms with Gasteiger partial charge in [0.05, 0.1) is 12.1 Å². The molecule has 0 aromatic heterocycles. The van der Waals surface area contributed by atoms with E-state index < -0.39 is 29.6 Å². The minimum atomic E-state index is -3.67. The highest BCUT2D eigenvalue weighted by molar-refractivity contribution is 7.99. The number of amides is 1. The number of rotatable bonds is 12. The molecule has 2 aliphatic carbocycles. The van der Waals surface area contributed by atoms with Crippen molar-refractivity contribution in [2.24, 2.45) is 5.92 Å². The van der Waals surface area contributed by atoms with Gasteiger partial charge in [0.25, 0.3) is 0 Å². The van der Waals surface area contributed by atoms with Gasteiger partial charge in [-0.3, -0.25) is 10.1 Å². The third kappa shape index (κ3) is 7.03. The molecule has 2 aliphatic rings. The smallest absolute Gasteiger partial charge is 0.425 e. The van der Waals surface area contributed by atoms with Crippen LogP contribution in [-0.2, 0) is 4.79 Å². The van der Waals surface area contributed by atoms with Gasteiger partial charge in [0.2, 0.25) is 5.91 Å². The van der Waals surface area contributed by atoms with Gasteiger partial charge < -0.3 is 10.1 Å². The Morgan fingerprint density at radius 3 is 2.56 bits per heavy atom. The molecule has 1 amide bonds. The minimum absolute atomic E-state index is 0.0167. The molecule has 0 radical (unpaired) electrons. The third-order valence-corrected chi connectivity index (χ3v) is 7.30. The SMILES string of the molecule is CC#CC(NC(CSCC1CC1)C(=O)NC1(C#N)CC1)C(F)(F)Oc1ccc(SC)cc1. The van der Waals surface area contributed by atoms with E-state index in [0.717, 1.165) is 10.6 Å². The van der Waals surface area contributed by atoms with E-state index in [1.165, 1.54) is 43.7 Å². The van der Waals surface area contributed by atoms with E-state index in [9.17, 15) is 10.1 Å². The molecule has 0 heterocycles. The molecule has 9 heteroatoms. The monoisotopic (exact) mass is 479 g/mol. The molecule has 1 aromatic rings.